The van der Waals surface area contributed by atoms with Gasteiger partial charge in [-0.3, -0.25) is 14.3 Å². The molecule has 0 unspecified atom stereocenters. The summed E-state index contributed by atoms with van der Waals surface area (Å²) < 4.78 is 40.5. The van der Waals surface area contributed by atoms with Crippen molar-refractivity contribution >= 4 is 21.6 Å². The number of nitrogens with one attached hydrogen (secondary N) is 1. The summed E-state index contributed by atoms with van der Waals surface area (Å²) in [5.41, 5.74) is 1.76. The standard InChI is InChI=1S/C24H21F3N4OS/c25-24(26,27)16-5-3-4-15(10-16)12-29-17-7-8-19-20(11-17)33-22-21(19)23(32)31(14-30-22)13-18-6-1-2-9-28-18/h1-6,9-10,14,17,29H,7-8,11-13H2/t17-/m1/s1. The van der Waals surface area contributed by atoms with Gasteiger partial charge in [0, 0.05) is 23.7 Å². The average molecular weight is 471 g/mol. The number of aryl methyl sites for hydroxylation is 1. The third-order valence-electron chi connectivity index (χ3n) is 5.94. The third-order valence-corrected chi connectivity index (χ3v) is 7.11. The van der Waals surface area contributed by atoms with E-state index in [1.165, 1.54) is 23.5 Å². The number of pyridine rings is 1. The van der Waals surface area contributed by atoms with Gasteiger partial charge in [-0.2, -0.15) is 13.2 Å². The van der Waals surface area contributed by atoms with Gasteiger partial charge in [-0.1, -0.05) is 24.3 Å². The summed E-state index contributed by atoms with van der Waals surface area (Å²) in [5, 5.41) is 4.07. The fourth-order valence-electron chi connectivity index (χ4n) is 4.27. The van der Waals surface area contributed by atoms with Crippen molar-refractivity contribution in [3.8, 4) is 0 Å². The van der Waals surface area contributed by atoms with E-state index in [0.717, 1.165) is 46.3 Å². The van der Waals surface area contributed by atoms with E-state index in [1.807, 2.05) is 18.2 Å². The molecule has 5 rings (SSSR count). The van der Waals surface area contributed by atoms with Crippen LogP contribution in [0.3, 0.4) is 0 Å². The molecule has 1 atom stereocenters. The topological polar surface area (TPSA) is 59.8 Å². The quantitative estimate of drug-likeness (QED) is 0.464. The van der Waals surface area contributed by atoms with Crippen molar-refractivity contribution in [2.24, 2.45) is 0 Å². The predicted octanol–water partition coefficient (Wildman–Crippen LogP) is 4.57. The van der Waals surface area contributed by atoms with Gasteiger partial charge in [0.25, 0.3) is 5.56 Å². The summed E-state index contributed by atoms with van der Waals surface area (Å²) >= 11 is 1.53. The van der Waals surface area contributed by atoms with Crippen molar-refractivity contribution in [3.05, 3.63) is 92.6 Å². The highest BCUT2D eigenvalue weighted by Gasteiger charge is 2.30. The number of nitrogens with zero attached hydrogens (tertiary/aromatic N) is 3. The fraction of sp³-hybridized carbons (Fsp3) is 0.292. The molecule has 0 radical (unpaired) electrons. The number of alkyl halides is 3. The summed E-state index contributed by atoms with van der Waals surface area (Å²) in [6, 6.07) is 11.1. The van der Waals surface area contributed by atoms with Crippen LogP contribution in [-0.4, -0.2) is 20.6 Å². The molecule has 0 aliphatic heterocycles. The molecule has 0 saturated carbocycles. The molecule has 9 heteroatoms. The number of rotatable bonds is 5. The van der Waals surface area contributed by atoms with Crippen molar-refractivity contribution in [1.29, 1.82) is 0 Å². The summed E-state index contributed by atoms with van der Waals surface area (Å²) in [7, 11) is 0. The molecule has 0 amide bonds. The molecular formula is C24H21F3N4OS. The van der Waals surface area contributed by atoms with Crippen molar-refractivity contribution in [2.75, 3.05) is 0 Å². The number of benzene rings is 1. The monoisotopic (exact) mass is 470 g/mol. The van der Waals surface area contributed by atoms with E-state index in [-0.39, 0.29) is 11.6 Å². The molecule has 3 heterocycles. The molecule has 1 N–H and O–H groups in total. The summed E-state index contributed by atoms with van der Waals surface area (Å²) in [6.45, 7) is 0.734. The molecule has 1 aliphatic carbocycles. The molecule has 1 aromatic carbocycles. The zero-order valence-corrected chi connectivity index (χ0v) is 18.4. The van der Waals surface area contributed by atoms with E-state index >= 15 is 0 Å². The van der Waals surface area contributed by atoms with E-state index in [2.05, 4.69) is 15.3 Å². The zero-order chi connectivity index (χ0) is 23.0. The maximum Gasteiger partial charge on any atom is 0.416 e. The minimum atomic E-state index is -4.34. The number of hydrogen-bond acceptors (Lipinski definition) is 5. The summed E-state index contributed by atoms with van der Waals surface area (Å²) in [5.74, 6) is 0. The van der Waals surface area contributed by atoms with Gasteiger partial charge < -0.3 is 5.32 Å². The van der Waals surface area contributed by atoms with Crippen LogP contribution in [0.25, 0.3) is 10.2 Å². The molecule has 0 fully saturated rings. The Morgan fingerprint density at radius 2 is 2.03 bits per heavy atom. The maximum atomic E-state index is 13.2. The second kappa shape index (κ2) is 8.72. The maximum absolute atomic E-state index is 13.2. The Kier molecular flexibility index (Phi) is 5.76. The van der Waals surface area contributed by atoms with Gasteiger partial charge in [-0.15, -0.1) is 11.3 Å². The van der Waals surface area contributed by atoms with Crippen LogP contribution in [0.1, 0.15) is 33.7 Å². The molecule has 5 nitrogen and oxygen atoms in total. The molecule has 0 bridgehead atoms. The van der Waals surface area contributed by atoms with E-state index < -0.39 is 11.7 Å². The van der Waals surface area contributed by atoms with Gasteiger partial charge >= 0.3 is 6.18 Å². The minimum absolute atomic E-state index is 0.0569. The van der Waals surface area contributed by atoms with Gasteiger partial charge in [0.15, 0.2) is 0 Å². The lowest BCUT2D eigenvalue weighted by molar-refractivity contribution is -0.137. The second-order valence-corrected chi connectivity index (χ2v) is 9.29. The number of aromatic nitrogens is 3. The van der Waals surface area contributed by atoms with Crippen LogP contribution < -0.4 is 10.9 Å². The highest BCUT2D eigenvalue weighted by molar-refractivity contribution is 7.18. The van der Waals surface area contributed by atoms with Crippen LogP contribution in [0.2, 0.25) is 0 Å². The number of halogens is 3. The highest BCUT2D eigenvalue weighted by Crippen LogP contribution is 2.34. The normalized spacial score (nSPS) is 16.2. The van der Waals surface area contributed by atoms with Crippen molar-refractivity contribution < 1.29 is 13.2 Å². The second-order valence-electron chi connectivity index (χ2n) is 8.20. The van der Waals surface area contributed by atoms with Crippen molar-refractivity contribution in [2.45, 2.75) is 44.6 Å². The zero-order valence-electron chi connectivity index (χ0n) is 17.6. The van der Waals surface area contributed by atoms with Crippen LogP contribution in [0.4, 0.5) is 13.2 Å². The van der Waals surface area contributed by atoms with E-state index in [1.54, 1.807) is 23.2 Å². The first-order valence-corrected chi connectivity index (χ1v) is 11.5. The SMILES string of the molecule is O=c1c2c3c(sc2ncn1Cc1ccccn1)C[C@H](NCc1cccc(C(F)(F)F)c1)CC3. The Labute approximate surface area is 191 Å². The Bertz CT molecular complexity index is 1350. The molecule has 0 saturated heterocycles. The van der Waals surface area contributed by atoms with Crippen LogP contribution in [0, 0.1) is 0 Å². The summed E-state index contributed by atoms with van der Waals surface area (Å²) in [4.78, 5) is 23.8. The van der Waals surface area contributed by atoms with Gasteiger partial charge in [0.2, 0.25) is 0 Å². The first-order chi connectivity index (χ1) is 15.9. The average Bonchev–Trinajstić information content (AvgIpc) is 3.18. The Balaban J connectivity index is 1.33. The van der Waals surface area contributed by atoms with E-state index in [4.69, 9.17) is 0 Å². The van der Waals surface area contributed by atoms with Crippen molar-refractivity contribution in [3.63, 3.8) is 0 Å². The smallest absolute Gasteiger partial charge is 0.310 e. The molecule has 3 aromatic heterocycles. The molecule has 4 aromatic rings. The van der Waals surface area contributed by atoms with Gasteiger partial charge in [-0.25, -0.2) is 4.98 Å². The fourth-order valence-corrected chi connectivity index (χ4v) is 5.53. The third kappa shape index (κ3) is 4.56. The Morgan fingerprint density at radius 1 is 1.15 bits per heavy atom. The molecule has 33 heavy (non-hydrogen) atoms. The van der Waals surface area contributed by atoms with E-state index in [9.17, 15) is 18.0 Å². The number of fused-ring (bicyclic) bond motifs is 3. The van der Waals surface area contributed by atoms with Crippen LogP contribution in [0.5, 0.6) is 0 Å². The van der Waals surface area contributed by atoms with Gasteiger partial charge in [0.05, 0.1) is 29.5 Å². The van der Waals surface area contributed by atoms with Gasteiger partial charge in [0.1, 0.15) is 4.83 Å². The number of thiophene rings is 1. The van der Waals surface area contributed by atoms with Gasteiger partial charge in [-0.05, 0) is 48.6 Å². The van der Waals surface area contributed by atoms with Crippen LogP contribution in [0.15, 0.2) is 59.8 Å². The largest absolute Gasteiger partial charge is 0.416 e. The minimum Gasteiger partial charge on any atom is -0.310 e. The molecule has 170 valence electrons. The van der Waals surface area contributed by atoms with Crippen LogP contribution in [-0.2, 0) is 32.1 Å². The number of hydrogen-bond donors (Lipinski definition) is 1. The summed E-state index contributed by atoms with van der Waals surface area (Å²) in [6.07, 6.45) is 1.21. The molecule has 0 spiro atoms. The Hall–Kier alpha value is -3.04. The lowest BCUT2D eigenvalue weighted by atomic mass is 9.93. The first kappa shape index (κ1) is 21.8. The molecule has 1 aliphatic rings. The Morgan fingerprint density at radius 3 is 2.82 bits per heavy atom. The predicted molar refractivity (Wildman–Crippen MR) is 121 cm³/mol. The lowest BCUT2D eigenvalue weighted by Crippen LogP contribution is -2.34. The lowest BCUT2D eigenvalue weighted by Gasteiger charge is -2.23. The molecular weight excluding hydrogens is 449 g/mol. The van der Waals surface area contributed by atoms with Crippen LogP contribution >= 0.6 is 11.3 Å². The highest BCUT2D eigenvalue weighted by atomic mass is 32.1. The first-order valence-electron chi connectivity index (χ1n) is 10.7. The van der Waals surface area contributed by atoms with E-state index in [0.29, 0.717) is 24.0 Å². The van der Waals surface area contributed by atoms with Crippen molar-refractivity contribution in [1.82, 2.24) is 19.9 Å².